The first-order valence-electron chi connectivity index (χ1n) is 8.20. The fourth-order valence-electron chi connectivity index (χ4n) is 2.52. The minimum absolute atomic E-state index is 0.162. The monoisotopic (exact) mass is 339 g/mol. The van der Waals surface area contributed by atoms with Crippen LogP contribution in [0, 0.1) is 0 Å². The number of para-hydroxylation sites is 2. The van der Waals surface area contributed by atoms with E-state index < -0.39 is 0 Å². The molecule has 1 aliphatic heterocycles. The number of fused-ring (bicyclic) bond motifs is 1. The van der Waals surface area contributed by atoms with E-state index in [1.165, 1.54) is 0 Å². The van der Waals surface area contributed by atoms with E-state index in [0.29, 0.717) is 30.3 Å². The molecule has 2 aromatic rings. The topological polar surface area (TPSA) is 56.8 Å². The van der Waals surface area contributed by atoms with Crippen LogP contribution in [0.2, 0.25) is 0 Å². The average molecular weight is 339 g/mol. The van der Waals surface area contributed by atoms with Crippen LogP contribution < -0.4 is 19.5 Å². The number of hydrogen-bond acceptors (Lipinski definition) is 4. The van der Waals surface area contributed by atoms with Crippen molar-refractivity contribution < 1.29 is 19.0 Å². The van der Waals surface area contributed by atoms with E-state index in [2.05, 4.69) is 11.9 Å². The van der Waals surface area contributed by atoms with Gasteiger partial charge < -0.3 is 19.5 Å². The largest absolute Gasteiger partial charge is 0.490 e. The van der Waals surface area contributed by atoms with E-state index in [0.717, 1.165) is 5.75 Å². The first kappa shape index (κ1) is 16.9. The molecular weight excluding hydrogens is 318 g/mol. The van der Waals surface area contributed by atoms with Crippen molar-refractivity contribution in [3.05, 3.63) is 66.7 Å². The molecule has 3 rings (SSSR count). The van der Waals surface area contributed by atoms with Crippen LogP contribution >= 0.6 is 0 Å². The molecule has 0 bridgehead atoms. The fraction of sp³-hybridized carbons (Fsp3) is 0.250. The molecule has 0 fully saturated rings. The summed E-state index contributed by atoms with van der Waals surface area (Å²) >= 11 is 0. The quantitative estimate of drug-likeness (QED) is 0.821. The van der Waals surface area contributed by atoms with E-state index >= 15 is 0 Å². The van der Waals surface area contributed by atoms with Crippen LogP contribution in [0.4, 0.5) is 0 Å². The molecule has 2 atom stereocenters. The molecular formula is C20H21NO4. The summed E-state index contributed by atoms with van der Waals surface area (Å²) in [5.74, 6) is 1.96. The molecule has 5 heteroatoms. The molecule has 1 heterocycles. The highest BCUT2D eigenvalue weighted by Gasteiger charge is 2.27. The summed E-state index contributed by atoms with van der Waals surface area (Å²) in [6, 6.07) is 14.3. The molecule has 1 N–H and O–H groups in total. The molecule has 130 valence electrons. The third-order valence-electron chi connectivity index (χ3n) is 3.93. The number of carbonyl (C=O) groups is 1. The van der Waals surface area contributed by atoms with Gasteiger partial charge in [0.25, 0.3) is 5.91 Å². The van der Waals surface area contributed by atoms with Crippen molar-refractivity contribution >= 4 is 5.91 Å². The van der Waals surface area contributed by atoms with Crippen LogP contribution in [0.25, 0.3) is 0 Å². The molecule has 2 aromatic carbocycles. The Morgan fingerprint density at radius 3 is 2.72 bits per heavy atom. The van der Waals surface area contributed by atoms with Crippen LogP contribution in [0.5, 0.6) is 17.2 Å². The van der Waals surface area contributed by atoms with Gasteiger partial charge in [-0.3, -0.25) is 4.79 Å². The van der Waals surface area contributed by atoms with E-state index in [-0.39, 0.29) is 18.1 Å². The van der Waals surface area contributed by atoms with Crippen LogP contribution in [0.1, 0.15) is 17.3 Å². The highest BCUT2D eigenvalue weighted by Crippen LogP contribution is 2.31. The van der Waals surface area contributed by atoms with Gasteiger partial charge in [-0.15, -0.1) is 0 Å². The maximum Gasteiger partial charge on any atom is 0.251 e. The summed E-state index contributed by atoms with van der Waals surface area (Å²) in [4.78, 5) is 12.4. The van der Waals surface area contributed by atoms with Gasteiger partial charge in [0.05, 0.1) is 6.04 Å². The zero-order valence-electron chi connectivity index (χ0n) is 14.1. The Bertz CT molecular complexity index is 742. The number of hydrogen-bond donors (Lipinski definition) is 1. The van der Waals surface area contributed by atoms with Gasteiger partial charge in [-0.2, -0.15) is 0 Å². The summed E-state index contributed by atoms with van der Waals surface area (Å²) in [6.07, 6.45) is 1.43. The van der Waals surface area contributed by atoms with Gasteiger partial charge >= 0.3 is 0 Å². The minimum atomic E-state index is -0.242. The summed E-state index contributed by atoms with van der Waals surface area (Å²) in [5.41, 5.74) is 0.565. The molecule has 0 spiro atoms. The lowest BCUT2D eigenvalue weighted by Crippen LogP contribution is -2.48. The molecule has 0 saturated carbocycles. The molecule has 0 saturated heterocycles. The van der Waals surface area contributed by atoms with Gasteiger partial charge in [0.2, 0.25) is 0 Å². The zero-order chi connectivity index (χ0) is 17.6. The van der Waals surface area contributed by atoms with E-state index in [1.54, 1.807) is 30.3 Å². The molecule has 0 aromatic heterocycles. The number of rotatable bonds is 6. The molecule has 0 aliphatic carbocycles. The average Bonchev–Trinajstić information content (AvgIpc) is 2.66. The van der Waals surface area contributed by atoms with Crippen molar-refractivity contribution in [2.24, 2.45) is 0 Å². The first-order valence-corrected chi connectivity index (χ1v) is 8.20. The van der Waals surface area contributed by atoms with Crippen molar-refractivity contribution in [1.29, 1.82) is 0 Å². The molecule has 1 aliphatic rings. The number of ether oxygens (including phenoxy) is 3. The molecule has 0 radical (unpaired) electrons. The Kier molecular flexibility index (Phi) is 5.23. The normalized spacial score (nSPS) is 16.6. The first-order chi connectivity index (χ1) is 12.2. The third-order valence-corrected chi connectivity index (χ3v) is 3.93. The fourth-order valence-corrected chi connectivity index (χ4v) is 2.52. The van der Waals surface area contributed by atoms with E-state index in [4.69, 9.17) is 14.2 Å². The Hall–Kier alpha value is -2.95. The van der Waals surface area contributed by atoms with Crippen LogP contribution in [-0.4, -0.2) is 31.3 Å². The Labute approximate surface area is 147 Å². The number of nitrogens with one attached hydrogen (secondary N) is 1. The maximum absolute atomic E-state index is 12.4. The van der Waals surface area contributed by atoms with Crippen LogP contribution in [-0.2, 0) is 0 Å². The van der Waals surface area contributed by atoms with E-state index in [9.17, 15) is 4.79 Å². The van der Waals surface area contributed by atoms with Crippen molar-refractivity contribution in [2.45, 2.75) is 19.1 Å². The second-order valence-electron chi connectivity index (χ2n) is 5.80. The predicted octanol–water partition coefficient (Wildman–Crippen LogP) is 3.21. The van der Waals surface area contributed by atoms with Gasteiger partial charge in [-0.1, -0.05) is 24.8 Å². The summed E-state index contributed by atoms with van der Waals surface area (Å²) < 4.78 is 17.0. The second kappa shape index (κ2) is 7.75. The van der Waals surface area contributed by atoms with Gasteiger partial charge in [0.15, 0.2) is 17.6 Å². The Morgan fingerprint density at radius 1 is 1.28 bits per heavy atom. The number of carbonyl (C=O) groups excluding carboxylic acids is 1. The third kappa shape index (κ3) is 4.12. The van der Waals surface area contributed by atoms with Gasteiger partial charge in [-0.25, -0.2) is 0 Å². The molecule has 1 amide bonds. The summed E-state index contributed by atoms with van der Waals surface area (Å²) in [6.45, 7) is 6.33. The Balaban J connectivity index is 1.58. The molecule has 5 nitrogen and oxygen atoms in total. The van der Waals surface area contributed by atoms with Crippen LogP contribution in [0.15, 0.2) is 61.2 Å². The van der Waals surface area contributed by atoms with Gasteiger partial charge in [-0.05, 0) is 43.3 Å². The van der Waals surface area contributed by atoms with Gasteiger partial charge in [0, 0.05) is 5.56 Å². The SMILES string of the molecule is C=CCOc1ccc(C(=O)N[C@H](C)[C@H]2COc3ccccc3O2)cc1. The standard InChI is InChI=1S/C20H21NO4/c1-3-12-23-16-10-8-15(9-11-16)20(22)21-14(2)19-13-24-17-6-4-5-7-18(17)25-19/h3-11,14,19H,1,12-13H2,2H3,(H,21,22)/t14-,19-/m1/s1. The zero-order valence-corrected chi connectivity index (χ0v) is 14.1. The highest BCUT2D eigenvalue weighted by molar-refractivity contribution is 5.94. The second-order valence-corrected chi connectivity index (χ2v) is 5.80. The maximum atomic E-state index is 12.4. The van der Waals surface area contributed by atoms with E-state index in [1.807, 2.05) is 31.2 Å². The number of amides is 1. The minimum Gasteiger partial charge on any atom is -0.490 e. The van der Waals surface area contributed by atoms with Gasteiger partial charge in [0.1, 0.15) is 19.0 Å². The number of benzene rings is 2. The summed E-state index contributed by atoms with van der Waals surface area (Å²) in [5, 5.41) is 2.96. The van der Waals surface area contributed by atoms with Crippen molar-refractivity contribution in [2.75, 3.05) is 13.2 Å². The smallest absolute Gasteiger partial charge is 0.251 e. The van der Waals surface area contributed by atoms with Crippen molar-refractivity contribution in [3.8, 4) is 17.2 Å². The lowest BCUT2D eigenvalue weighted by atomic mass is 10.1. The molecule has 25 heavy (non-hydrogen) atoms. The predicted molar refractivity (Wildman–Crippen MR) is 95.4 cm³/mol. The lowest BCUT2D eigenvalue weighted by Gasteiger charge is -2.30. The van der Waals surface area contributed by atoms with Crippen molar-refractivity contribution in [3.63, 3.8) is 0 Å². The van der Waals surface area contributed by atoms with Crippen molar-refractivity contribution in [1.82, 2.24) is 5.32 Å². The molecule has 0 unspecified atom stereocenters. The lowest BCUT2D eigenvalue weighted by molar-refractivity contribution is 0.0606. The van der Waals surface area contributed by atoms with Crippen LogP contribution in [0.3, 0.4) is 0 Å². The Morgan fingerprint density at radius 2 is 2.00 bits per heavy atom. The highest BCUT2D eigenvalue weighted by atomic mass is 16.6. The summed E-state index contributed by atoms with van der Waals surface area (Å²) in [7, 11) is 0.